The summed E-state index contributed by atoms with van der Waals surface area (Å²) < 4.78 is 0. The lowest BCUT2D eigenvalue weighted by Gasteiger charge is -2.12. The number of benzene rings is 1. The SMILES string of the molecule is CCc1n[nH]c(=O)c(CNc2ccc(C(=O)NC)cc2[N+](=O)[O-])c1CC. The maximum absolute atomic E-state index is 12.1. The standard InChI is InChI=1S/C17H21N5O4/c1-4-11-12(17(24)21-20-13(11)5-2)9-19-14-7-6-10(16(23)18-3)8-15(14)22(25)26/h6-8,19H,4-5,9H2,1-3H3,(H,18,23)(H,21,24). The van der Waals surface area contributed by atoms with E-state index in [1.165, 1.54) is 25.2 Å². The highest BCUT2D eigenvalue weighted by molar-refractivity contribution is 5.95. The quantitative estimate of drug-likeness (QED) is 0.510. The average Bonchev–Trinajstić information content (AvgIpc) is 2.65. The van der Waals surface area contributed by atoms with Crippen molar-refractivity contribution in [3.05, 3.63) is 61.1 Å². The molecule has 0 saturated carbocycles. The van der Waals surface area contributed by atoms with Gasteiger partial charge in [0, 0.05) is 30.8 Å². The van der Waals surface area contributed by atoms with Gasteiger partial charge in [0.15, 0.2) is 0 Å². The number of nitro benzene ring substituents is 1. The molecule has 1 heterocycles. The van der Waals surface area contributed by atoms with Gasteiger partial charge in [0.1, 0.15) is 5.69 Å². The number of carbonyl (C=O) groups is 1. The van der Waals surface area contributed by atoms with Gasteiger partial charge in [0.2, 0.25) is 0 Å². The number of hydrogen-bond acceptors (Lipinski definition) is 6. The van der Waals surface area contributed by atoms with Gasteiger partial charge in [-0.2, -0.15) is 5.10 Å². The Balaban J connectivity index is 2.37. The largest absolute Gasteiger partial charge is 0.375 e. The summed E-state index contributed by atoms with van der Waals surface area (Å²) in [6, 6.07) is 4.16. The summed E-state index contributed by atoms with van der Waals surface area (Å²) in [5, 5.41) is 23.2. The lowest BCUT2D eigenvalue weighted by molar-refractivity contribution is -0.384. The Morgan fingerprint density at radius 2 is 2.00 bits per heavy atom. The lowest BCUT2D eigenvalue weighted by atomic mass is 10.0. The van der Waals surface area contributed by atoms with E-state index >= 15 is 0 Å². The second-order valence-electron chi connectivity index (χ2n) is 5.59. The highest BCUT2D eigenvalue weighted by Gasteiger charge is 2.18. The number of amides is 1. The van der Waals surface area contributed by atoms with Gasteiger partial charge >= 0.3 is 0 Å². The molecule has 0 aliphatic rings. The first-order chi connectivity index (χ1) is 12.4. The Labute approximate surface area is 150 Å². The van der Waals surface area contributed by atoms with Crippen molar-refractivity contribution in [2.45, 2.75) is 33.2 Å². The molecule has 0 radical (unpaired) electrons. The van der Waals surface area contributed by atoms with E-state index in [0.717, 1.165) is 11.3 Å². The Morgan fingerprint density at radius 1 is 1.27 bits per heavy atom. The minimum Gasteiger partial charge on any atom is -0.375 e. The Morgan fingerprint density at radius 3 is 2.58 bits per heavy atom. The van der Waals surface area contributed by atoms with Crippen LogP contribution in [0.5, 0.6) is 0 Å². The van der Waals surface area contributed by atoms with Crippen LogP contribution in [0.15, 0.2) is 23.0 Å². The zero-order chi connectivity index (χ0) is 19.3. The molecule has 1 aromatic carbocycles. The van der Waals surface area contributed by atoms with Crippen LogP contribution in [0.25, 0.3) is 0 Å². The zero-order valence-corrected chi connectivity index (χ0v) is 14.9. The molecule has 0 aliphatic carbocycles. The summed E-state index contributed by atoms with van der Waals surface area (Å²) in [5.74, 6) is -0.411. The first-order valence-electron chi connectivity index (χ1n) is 8.26. The number of nitro groups is 1. The summed E-state index contributed by atoms with van der Waals surface area (Å²) in [4.78, 5) is 34.6. The first-order valence-corrected chi connectivity index (χ1v) is 8.26. The minimum absolute atomic E-state index is 0.119. The van der Waals surface area contributed by atoms with Gasteiger partial charge < -0.3 is 10.6 Å². The van der Waals surface area contributed by atoms with E-state index in [1.807, 2.05) is 13.8 Å². The van der Waals surface area contributed by atoms with E-state index < -0.39 is 10.8 Å². The van der Waals surface area contributed by atoms with Crippen LogP contribution < -0.4 is 16.2 Å². The van der Waals surface area contributed by atoms with Gasteiger partial charge in [-0.25, -0.2) is 5.10 Å². The molecule has 1 aromatic heterocycles. The molecule has 0 bridgehead atoms. The average molecular weight is 359 g/mol. The monoisotopic (exact) mass is 359 g/mol. The molecular formula is C17H21N5O4. The number of aryl methyl sites for hydroxylation is 1. The van der Waals surface area contributed by atoms with Crippen molar-refractivity contribution in [3.63, 3.8) is 0 Å². The van der Waals surface area contributed by atoms with E-state index in [2.05, 4.69) is 20.8 Å². The van der Waals surface area contributed by atoms with E-state index in [9.17, 15) is 19.7 Å². The van der Waals surface area contributed by atoms with Crippen molar-refractivity contribution in [2.75, 3.05) is 12.4 Å². The van der Waals surface area contributed by atoms with E-state index in [0.29, 0.717) is 18.4 Å². The molecule has 1 amide bonds. The van der Waals surface area contributed by atoms with Gasteiger partial charge in [-0.15, -0.1) is 0 Å². The van der Waals surface area contributed by atoms with Crippen LogP contribution in [0.4, 0.5) is 11.4 Å². The maximum Gasteiger partial charge on any atom is 0.293 e. The van der Waals surface area contributed by atoms with Crippen molar-refractivity contribution in [1.29, 1.82) is 0 Å². The predicted octanol–water partition coefficient (Wildman–Crippen LogP) is 1.77. The van der Waals surface area contributed by atoms with Crippen molar-refractivity contribution in [3.8, 4) is 0 Å². The summed E-state index contributed by atoms with van der Waals surface area (Å²) in [7, 11) is 1.45. The fraction of sp³-hybridized carbons (Fsp3) is 0.353. The molecule has 2 aromatic rings. The molecule has 9 heteroatoms. The minimum atomic E-state index is -0.566. The highest BCUT2D eigenvalue weighted by atomic mass is 16.6. The molecule has 0 aliphatic heterocycles. The van der Waals surface area contributed by atoms with E-state index in [4.69, 9.17) is 0 Å². The second-order valence-corrected chi connectivity index (χ2v) is 5.59. The number of H-pyrrole nitrogens is 1. The normalized spacial score (nSPS) is 10.4. The number of aromatic nitrogens is 2. The summed E-state index contributed by atoms with van der Waals surface area (Å²) in [6.45, 7) is 3.99. The third-order valence-electron chi connectivity index (χ3n) is 4.11. The Kier molecular flexibility index (Phi) is 6.05. The molecule has 0 saturated heterocycles. The third-order valence-corrected chi connectivity index (χ3v) is 4.11. The van der Waals surface area contributed by atoms with Crippen LogP contribution in [0.3, 0.4) is 0 Å². The molecule has 0 unspecified atom stereocenters. The zero-order valence-electron chi connectivity index (χ0n) is 14.9. The van der Waals surface area contributed by atoms with Gasteiger partial charge in [-0.1, -0.05) is 13.8 Å². The fourth-order valence-electron chi connectivity index (χ4n) is 2.76. The van der Waals surface area contributed by atoms with Crippen LogP contribution in [0, 0.1) is 10.1 Å². The Hall–Kier alpha value is -3.23. The van der Waals surface area contributed by atoms with Gasteiger partial charge in [-0.05, 0) is 30.5 Å². The van der Waals surface area contributed by atoms with E-state index in [1.54, 1.807) is 0 Å². The predicted molar refractivity (Wildman–Crippen MR) is 97.4 cm³/mol. The molecule has 3 N–H and O–H groups in total. The smallest absolute Gasteiger partial charge is 0.293 e. The maximum atomic E-state index is 12.1. The van der Waals surface area contributed by atoms with Crippen molar-refractivity contribution in [2.24, 2.45) is 0 Å². The highest BCUT2D eigenvalue weighted by Crippen LogP contribution is 2.26. The van der Waals surface area contributed by atoms with Crippen molar-refractivity contribution < 1.29 is 9.72 Å². The number of hydrogen-bond donors (Lipinski definition) is 3. The molecule has 138 valence electrons. The fourth-order valence-corrected chi connectivity index (χ4v) is 2.76. The molecule has 2 rings (SSSR count). The molecule has 0 spiro atoms. The summed E-state index contributed by atoms with van der Waals surface area (Å²) in [5.41, 5.74) is 2.01. The van der Waals surface area contributed by atoms with Crippen LogP contribution in [0.1, 0.15) is 41.0 Å². The third kappa shape index (κ3) is 3.88. The van der Waals surface area contributed by atoms with Gasteiger partial charge in [0.05, 0.1) is 10.6 Å². The number of nitrogens with one attached hydrogen (secondary N) is 3. The number of carbonyl (C=O) groups excluding carboxylic acids is 1. The molecular weight excluding hydrogens is 338 g/mol. The van der Waals surface area contributed by atoms with Crippen LogP contribution >= 0.6 is 0 Å². The van der Waals surface area contributed by atoms with Crippen molar-refractivity contribution in [1.82, 2.24) is 15.5 Å². The lowest BCUT2D eigenvalue weighted by Crippen LogP contribution is -2.22. The molecule has 0 fully saturated rings. The molecule has 0 atom stereocenters. The van der Waals surface area contributed by atoms with Crippen LogP contribution in [0.2, 0.25) is 0 Å². The number of rotatable bonds is 7. The second kappa shape index (κ2) is 8.24. The number of aromatic amines is 1. The topological polar surface area (TPSA) is 130 Å². The van der Waals surface area contributed by atoms with Crippen LogP contribution in [-0.4, -0.2) is 28.1 Å². The van der Waals surface area contributed by atoms with Crippen molar-refractivity contribution >= 4 is 17.3 Å². The first kappa shape index (κ1) is 19.1. The summed E-state index contributed by atoms with van der Waals surface area (Å²) in [6.07, 6.45) is 1.31. The number of nitrogens with zero attached hydrogens (tertiary/aromatic N) is 2. The number of anilines is 1. The summed E-state index contributed by atoms with van der Waals surface area (Å²) >= 11 is 0. The van der Waals surface area contributed by atoms with Gasteiger partial charge in [-0.3, -0.25) is 19.7 Å². The van der Waals surface area contributed by atoms with E-state index in [-0.39, 0.29) is 29.0 Å². The Bertz CT molecular complexity index is 891. The molecule has 26 heavy (non-hydrogen) atoms. The molecule has 9 nitrogen and oxygen atoms in total. The van der Waals surface area contributed by atoms with Crippen LogP contribution in [-0.2, 0) is 19.4 Å². The van der Waals surface area contributed by atoms with Gasteiger partial charge in [0.25, 0.3) is 17.2 Å².